The average Bonchev–Trinajstić information content (AvgIpc) is 1.93. The standard InChI is InChI=1S/C9H13P.HI/c1-6-4-5-9(10)8(3)7(6)2;/h4-5H,10H2,1-3H3;1H. The van der Waals surface area contributed by atoms with Crippen LogP contribution in [0.4, 0.5) is 0 Å². The fourth-order valence-corrected chi connectivity index (χ4v) is 1.29. The maximum atomic E-state index is 2.74. The average molecular weight is 280 g/mol. The predicted molar refractivity (Wildman–Crippen MR) is 65.4 cm³/mol. The Morgan fingerprint density at radius 1 is 1.00 bits per heavy atom. The van der Waals surface area contributed by atoms with Crippen molar-refractivity contribution in [1.82, 2.24) is 0 Å². The van der Waals surface area contributed by atoms with E-state index in [0.717, 1.165) is 0 Å². The zero-order valence-electron chi connectivity index (χ0n) is 7.14. The van der Waals surface area contributed by atoms with Crippen LogP contribution < -0.4 is 5.30 Å². The van der Waals surface area contributed by atoms with Gasteiger partial charge >= 0.3 is 0 Å². The van der Waals surface area contributed by atoms with Gasteiger partial charge in [-0.1, -0.05) is 12.1 Å². The highest BCUT2D eigenvalue weighted by Gasteiger charge is 1.97. The summed E-state index contributed by atoms with van der Waals surface area (Å²) in [6, 6.07) is 4.30. The smallest absolute Gasteiger partial charge is 0.0271 e. The molecule has 0 aromatic heterocycles. The molecule has 0 bridgehead atoms. The first-order valence-electron chi connectivity index (χ1n) is 3.45. The van der Waals surface area contributed by atoms with Gasteiger partial charge in [-0.05, 0) is 42.8 Å². The van der Waals surface area contributed by atoms with Crippen LogP contribution in [0.25, 0.3) is 0 Å². The van der Waals surface area contributed by atoms with Gasteiger partial charge in [0.2, 0.25) is 0 Å². The van der Waals surface area contributed by atoms with Crippen LogP contribution in [0.15, 0.2) is 12.1 Å². The first kappa shape index (κ1) is 11.4. The molecule has 0 fully saturated rings. The molecule has 2 heteroatoms. The van der Waals surface area contributed by atoms with Crippen LogP contribution >= 0.6 is 33.2 Å². The molecule has 0 saturated heterocycles. The van der Waals surface area contributed by atoms with Crippen molar-refractivity contribution in [2.45, 2.75) is 20.8 Å². The second-order valence-electron chi connectivity index (χ2n) is 2.72. The van der Waals surface area contributed by atoms with Gasteiger partial charge in [-0.15, -0.1) is 33.2 Å². The van der Waals surface area contributed by atoms with E-state index in [2.05, 4.69) is 42.1 Å². The molecule has 0 aliphatic heterocycles. The minimum absolute atomic E-state index is 0. The summed E-state index contributed by atoms with van der Waals surface area (Å²) in [5.41, 5.74) is 4.18. The molecule has 1 rings (SSSR count). The lowest BCUT2D eigenvalue weighted by Crippen LogP contribution is -2.00. The van der Waals surface area contributed by atoms with Crippen LogP contribution in [0.3, 0.4) is 0 Å². The maximum absolute atomic E-state index is 2.74. The summed E-state index contributed by atoms with van der Waals surface area (Å²) < 4.78 is 0. The minimum atomic E-state index is 0. The summed E-state index contributed by atoms with van der Waals surface area (Å²) in [7, 11) is 2.74. The SMILES string of the molecule is Cc1ccc(P)c(C)c1C.I. The summed E-state index contributed by atoms with van der Waals surface area (Å²) in [6.07, 6.45) is 0. The minimum Gasteiger partial charge on any atom is -0.107 e. The molecule has 0 aliphatic carbocycles. The van der Waals surface area contributed by atoms with Crippen molar-refractivity contribution in [3.8, 4) is 0 Å². The molecule has 0 aliphatic rings. The maximum Gasteiger partial charge on any atom is -0.0271 e. The molecule has 0 nitrogen and oxygen atoms in total. The zero-order valence-corrected chi connectivity index (χ0v) is 10.6. The number of halogens is 1. The molecule has 62 valence electrons. The first-order valence-corrected chi connectivity index (χ1v) is 4.03. The van der Waals surface area contributed by atoms with Crippen LogP contribution in [0.5, 0.6) is 0 Å². The van der Waals surface area contributed by atoms with Crippen LogP contribution in [0, 0.1) is 20.8 Å². The van der Waals surface area contributed by atoms with E-state index in [1.54, 1.807) is 0 Å². The van der Waals surface area contributed by atoms with E-state index in [9.17, 15) is 0 Å². The van der Waals surface area contributed by atoms with Crippen molar-refractivity contribution in [3.05, 3.63) is 28.8 Å². The first-order chi connectivity index (χ1) is 4.63. The Bertz CT molecular complexity index is 229. The van der Waals surface area contributed by atoms with Crippen molar-refractivity contribution in [1.29, 1.82) is 0 Å². The van der Waals surface area contributed by atoms with E-state index in [1.807, 2.05) is 0 Å². The largest absolute Gasteiger partial charge is 0.107 e. The third-order valence-corrected chi connectivity index (χ3v) is 2.73. The lowest BCUT2D eigenvalue weighted by Gasteiger charge is -2.05. The van der Waals surface area contributed by atoms with E-state index in [1.165, 1.54) is 22.0 Å². The fraction of sp³-hybridized carbons (Fsp3) is 0.333. The summed E-state index contributed by atoms with van der Waals surface area (Å²) in [6.45, 7) is 6.47. The van der Waals surface area contributed by atoms with Crippen LogP contribution in [0.1, 0.15) is 16.7 Å². The normalized spacial score (nSPS) is 9.09. The molecule has 1 unspecified atom stereocenters. The van der Waals surface area contributed by atoms with Gasteiger partial charge in [0.05, 0.1) is 0 Å². The van der Waals surface area contributed by atoms with Crippen LogP contribution in [0.2, 0.25) is 0 Å². The van der Waals surface area contributed by atoms with Gasteiger partial charge in [0.25, 0.3) is 0 Å². The highest BCUT2D eigenvalue weighted by molar-refractivity contribution is 14.0. The number of hydrogen-bond donors (Lipinski definition) is 0. The molecule has 0 spiro atoms. The summed E-state index contributed by atoms with van der Waals surface area (Å²) in [5, 5.41) is 1.31. The summed E-state index contributed by atoms with van der Waals surface area (Å²) >= 11 is 0. The van der Waals surface area contributed by atoms with Crippen molar-refractivity contribution < 1.29 is 0 Å². The van der Waals surface area contributed by atoms with Gasteiger partial charge in [-0.3, -0.25) is 0 Å². The number of benzene rings is 1. The molecule has 11 heavy (non-hydrogen) atoms. The molecule has 0 N–H and O–H groups in total. The Morgan fingerprint density at radius 2 is 1.55 bits per heavy atom. The van der Waals surface area contributed by atoms with E-state index in [-0.39, 0.29) is 24.0 Å². The number of aryl methyl sites for hydroxylation is 1. The zero-order chi connectivity index (χ0) is 7.72. The number of rotatable bonds is 0. The number of hydrogen-bond acceptors (Lipinski definition) is 0. The topological polar surface area (TPSA) is 0 Å². The third kappa shape index (κ3) is 2.41. The van der Waals surface area contributed by atoms with Crippen molar-refractivity contribution in [3.63, 3.8) is 0 Å². The monoisotopic (exact) mass is 280 g/mol. The Labute approximate surface area is 88.0 Å². The van der Waals surface area contributed by atoms with Crippen molar-refractivity contribution in [2.75, 3.05) is 0 Å². The Hall–Kier alpha value is 0.380. The molecule has 1 atom stereocenters. The highest BCUT2D eigenvalue weighted by Crippen LogP contribution is 2.10. The lowest BCUT2D eigenvalue weighted by atomic mass is 10.1. The van der Waals surface area contributed by atoms with Crippen LogP contribution in [-0.4, -0.2) is 0 Å². The predicted octanol–water partition coefficient (Wildman–Crippen LogP) is 2.73. The van der Waals surface area contributed by atoms with Crippen molar-refractivity contribution in [2.24, 2.45) is 0 Å². The highest BCUT2D eigenvalue weighted by atomic mass is 127. The summed E-state index contributed by atoms with van der Waals surface area (Å²) in [4.78, 5) is 0. The van der Waals surface area contributed by atoms with E-state index >= 15 is 0 Å². The quantitative estimate of drug-likeness (QED) is 0.506. The second-order valence-corrected chi connectivity index (χ2v) is 3.34. The molecule has 1 aromatic rings. The van der Waals surface area contributed by atoms with Gasteiger partial charge in [0.1, 0.15) is 0 Å². The summed E-state index contributed by atoms with van der Waals surface area (Å²) in [5.74, 6) is 0. The van der Waals surface area contributed by atoms with Gasteiger partial charge in [0, 0.05) is 0 Å². The van der Waals surface area contributed by atoms with Gasteiger partial charge in [-0.2, -0.15) is 0 Å². The van der Waals surface area contributed by atoms with Gasteiger partial charge in [-0.25, -0.2) is 0 Å². The van der Waals surface area contributed by atoms with Crippen molar-refractivity contribution >= 4 is 38.5 Å². The molecular formula is C9H14IP. The third-order valence-electron chi connectivity index (χ3n) is 2.10. The van der Waals surface area contributed by atoms with Crippen LogP contribution in [-0.2, 0) is 0 Å². The lowest BCUT2D eigenvalue weighted by molar-refractivity contribution is 1.29. The van der Waals surface area contributed by atoms with E-state index in [0.29, 0.717) is 0 Å². The molecule has 0 radical (unpaired) electrons. The Kier molecular flexibility index (Phi) is 4.57. The molecule has 0 amide bonds. The van der Waals surface area contributed by atoms with E-state index in [4.69, 9.17) is 0 Å². The second kappa shape index (κ2) is 4.42. The molecule has 1 aromatic carbocycles. The Balaban J connectivity index is 0.000001000. The van der Waals surface area contributed by atoms with Gasteiger partial charge in [0.15, 0.2) is 0 Å². The Morgan fingerprint density at radius 3 is 2.00 bits per heavy atom. The van der Waals surface area contributed by atoms with E-state index < -0.39 is 0 Å². The van der Waals surface area contributed by atoms with Gasteiger partial charge < -0.3 is 0 Å². The fourth-order valence-electron chi connectivity index (χ4n) is 0.977. The molecule has 0 saturated carbocycles. The molecular weight excluding hydrogens is 266 g/mol. The molecule has 0 heterocycles.